The van der Waals surface area contributed by atoms with Crippen LogP contribution in [0.25, 0.3) is 0 Å². The van der Waals surface area contributed by atoms with Crippen LogP contribution in [-0.2, 0) is 6.54 Å². The summed E-state index contributed by atoms with van der Waals surface area (Å²) >= 11 is 3.55. The van der Waals surface area contributed by atoms with Crippen molar-refractivity contribution < 1.29 is 4.79 Å². The second-order valence-electron chi connectivity index (χ2n) is 5.71. The summed E-state index contributed by atoms with van der Waals surface area (Å²) in [5, 5.41) is 1.000. The molecule has 5 N–H and O–H groups in total. The van der Waals surface area contributed by atoms with Gasteiger partial charge in [0.2, 0.25) is 0 Å². The Labute approximate surface area is 150 Å². The Morgan fingerprint density at radius 2 is 1.96 bits per heavy atom. The third kappa shape index (κ3) is 3.87. The maximum Gasteiger partial charge on any atom is 0.350 e. The minimum atomic E-state index is -0.588. The van der Waals surface area contributed by atoms with Gasteiger partial charge < -0.3 is 4.90 Å². The van der Waals surface area contributed by atoms with Crippen molar-refractivity contribution in [1.82, 2.24) is 5.43 Å². The highest BCUT2D eigenvalue weighted by molar-refractivity contribution is 9.10. The quantitative estimate of drug-likeness (QED) is 0.424. The molecule has 0 fully saturated rings. The number of nitrogens with zero attached hydrogens (tertiary/aromatic N) is 2. The van der Waals surface area contributed by atoms with Crippen molar-refractivity contribution in [1.29, 1.82) is 0 Å². The van der Waals surface area contributed by atoms with Crippen LogP contribution in [0, 0.1) is 13.8 Å². The van der Waals surface area contributed by atoms with E-state index in [-0.39, 0.29) is 0 Å². The van der Waals surface area contributed by atoms with E-state index >= 15 is 0 Å². The van der Waals surface area contributed by atoms with Gasteiger partial charge in [0.05, 0.1) is 11.4 Å². The summed E-state index contributed by atoms with van der Waals surface area (Å²) in [6.45, 7) is 4.84. The number of para-hydroxylation sites is 1. The van der Waals surface area contributed by atoms with E-state index in [0.29, 0.717) is 12.2 Å². The Morgan fingerprint density at radius 3 is 2.62 bits per heavy atom. The van der Waals surface area contributed by atoms with Crippen molar-refractivity contribution in [2.24, 2.45) is 11.7 Å². The van der Waals surface area contributed by atoms with Crippen molar-refractivity contribution in [3.63, 3.8) is 0 Å². The lowest BCUT2D eigenvalue weighted by atomic mass is 10.0. The Morgan fingerprint density at radius 1 is 1.25 bits per heavy atom. The summed E-state index contributed by atoms with van der Waals surface area (Å²) in [6, 6.07) is 11.3. The van der Waals surface area contributed by atoms with Crippen LogP contribution >= 0.6 is 15.9 Å². The molecule has 0 spiro atoms. The lowest BCUT2D eigenvalue weighted by molar-refractivity contribution is 0.246. The average molecular weight is 392 g/mol. The van der Waals surface area contributed by atoms with Gasteiger partial charge in [0.25, 0.3) is 0 Å². The molecule has 2 aromatic rings. The first-order valence-electron chi connectivity index (χ1n) is 7.46. The number of halogens is 1. The van der Waals surface area contributed by atoms with Crippen LogP contribution < -0.4 is 27.0 Å². The number of hydrogen-bond acceptors (Lipinski definition) is 4. The van der Waals surface area contributed by atoms with E-state index < -0.39 is 6.03 Å². The summed E-state index contributed by atoms with van der Waals surface area (Å²) in [6.07, 6.45) is 0. The molecule has 0 saturated carbocycles. The Balaban J connectivity index is 2.40. The van der Waals surface area contributed by atoms with E-state index in [2.05, 4.69) is 48.0 Å². The van der Waals surface area contributed by atoms with Gasteiger partial charge in [-0.1, -0.05) is 29.8 Å². The smallest absolute Gasteiger partial charge is 0.350 e. The zero-order valence-electron chi connectivity index (χ0n) is 14.0. The molecule has 2 amide bonds. The number of nitrogens with one attached hydrogen (secondary N) is 1. The van der Waals surface area contributed by atoms with E-state index in [0.717, 1.165) is 15.2 Å². The fourth-order valence-corrected chi connectivity index (χ4v) is 3.22. The molecule has 6 nitrogen and oxygen atoms in total. The first-order chi connectivity index (χ1) is 11.3. The number of benzene rings is 2. The predicted octanol–water partition coefficient (Wildman–Crippen LogP) is 2.97. The lowest BCUT2D eigenvalue weighted by Gasteiger charge is -2.28. The van der Waals surface area contributed by atoms with Gasteiger partial charge >= 0.3 is 6.03 Å². The molecule has 24 heavy (non-hydrogen) atoms. The molecular formula is C17H22BrN5O. The second-order valence-corrected chi connectivity index (χ2v) is 6.57. The standard InChI is InChI=1S/C17H22BrN5O/c1-11-7-8-12(2)13(9-11)10-22(3)16-14(18)5-4-6-15(16)23(20)17(24)21-19/h4-9H,10,19-20H2,1-3H3,(H,21,24). The van der Waals surface area contributed by atoms with Crippen molar-refractivity contribution in [3.05, 3.63) is 57.6 Å². The number of nitrogens with two attached hydrogens (primary N) is 2. The third-order valence-electron chi connectivity index (χ3n) is 3.86. The van der Waals surface area contributed by atoms with Crippen molar-refractivity contribution in [3.8, 4) is 0 Å². The van der Waals surface area contributed by atoms with Gasteiger partial charge in [0.1, 0.15) is 0 Å². The van der Waals surface area contributed by atoms with Crippen molar-refractivity contribution >= 4 is 33.3 Å². The van der Waals surface area contributed by atoms with Crippen LogP contribution in [0.2, 0.25) is 0 Å². The fraction of sp³-hybridized carbons (Fsp3) is 0.235. The number of hydrazine groups is 2. The van der Waals surface area contributed by atoms with Gasteiger partial charge in [0, 0.05) is 18.1 Å². The Bertz CT molecular complexity index is 750. The van der Waals surface area contributed by atoms with E-state index in [1.807, 2.05) is 29.5 Å². The summed E-state index contributed by atoms with van der Waals surface area (Å²) in [5.74, 6) is 11.1. The maximum absolute atomic E-state index is 11.8. The molecule has 0 heterocycles. The number of amides is 2. The first-order valence-corrected chi connectivity index (χ1v) is 8.25. The number of carbonyl (C=O) groups excluding carboxylic acids is 1. The predicted molar refractivity (Wildman–Crippen MR) is 102 cm³/mol. The largest absolute Gasteiger partial charge is 0.368 e. The van der Waals surface area contributed by atoms with Gasteiger partial charge in [-0.05, 0) is 53.0 Å². The fourth-order valence-electron chi connectivity index (χ4n) is 2.56. The van der Waals surface area contributed by atoms with Crippen LogP contribution in [0.4, 0.5) is 16.2 Å². The highest BCUT2D eigenvalue weighted by atomic mass is 79.9. The maximum atomic E-state index is 11.8. The molecule has 0 aliphatic heterocycles. The molecular weight excluding hydrogens is 370 g/mol. The highest BCUT2D eigenvalue weighted by Gasteiger charge is 2.19. The van der Waals surface area contributed by atoms with Crippen LogP contribution in [0.1, 0.15) is 16.7 Å². The number of urea groups is 1. The summed E-state index contributed by atoms with van der Waals surface area (Å²) < 4.78 is 0.841. The van der Waals surface area contributed by atoms with Crippen LogP contribution in [0.15, 0.2) is 40.9 Å². The Kier molecular flexibility index (Phi) is 5.82. The molecule has 2 aromatic carbocycles. The number of rotatable bonds is 4. The molecule has 0 aliphatic rings. The zero-order valence-corrected chi connectivity index (χ0v) is 15.6. The summed E-state index contributed by atoms with van der Waals surface area (Å²) in [4.78, 5) is 13.8. The lowest BCUT2D eigenvalue weighted by Crippen LogP contribution is -2.48. The molecule has 0 unspecified atom stereocenters. The van der Waals surface area contributed by atoms with Gasteiger partial charge in [0.15, 0.2) is 0 Å². The van der Waals surface area contributed by atoms with Gasteiger partial charge in [-0.25, -0.2) is 21.5 Å². The van der Waals surface area contributed by atoms with Crippen LogP contribution in [0.3, 0.4) is 0 Å². The van der Waals surface area contributed by atoms with Crippen LogP contribution in [0.5, 0.6) is 0 Å². The number of carbonyl (C=O) groups is 1. The normalized spacial score (nSPS) is 10.4. The van der Waals surface area contributed by atoms with E-state index in [9.17, 15) is 4.79 Å². The van der Waals surface area contributed by atoms with Gasteiger partial charge in [-0.15, -0.1) is 0 Å². The van der Waals surface area contributed by atoms with E-state index in [1.54, 1.807) is 6.07 Å². The molecule has 0 saturated heterocycles. The number of hydrogen-bond donors (Lipinski definition) is 3. The van der Waals surface area contributed by atoms with Crippen molar-refractivity contribution in [2.75, 3.05) is 17.0 Å². The number of aryl methyl sites for hydroxylation is 2. The molecule has 7 heteroatoms. The average Bonchev–Trinajstić information content (AvgIpc) is 2.56. The first kappa shape index (κ1) is 18.3. The monoisotopic (exact) mass is 391 g/mol. The summed E-state index contributed by atoms with van der Waals surface area (Å²) in [7, 11) is 1.96. The molecule has 0 radical (unpaired) electrons. The van der Waals surface area contributed by atoms with Crippen molar-refractivity contribution in [2.45, 2.75) is 20.4 Å². The third-order valence-corrected chi connectivity index (χ3v) is 4.50. The SMILES string of the molecule is Cc1ccc(C)c(CN(C)c2c(Br)cccc2N(N)C(=O)NN)c1. The molecule has 0 aromatic heterocycles. The molecule has 2 rings (SSSR count). The molecule has 0 atom stereocenters. The second kappa shape index (κ2) is 7.65. The van der Waals surface area contributed by atoms with Gasteiger partial charge in [-0.2, -0.15) is 0 Å². The molecule has 0 aliphatic carbocycles. The van der Waals surface area contributed by atoms with Crippen LogP contribution in [-0.4, -0.2) is 13.1 Å². The molecule has 128 valence electrons. The highest BCUT2D eigenvalue weighted by Crippen LogP contribution is 2.36. The van der Waals surface area contributed by atoms with E-state index in [1.165, 1.54) is 16.7 Å². The zero-order chi connectivity index (χ0) is 17.9. The minimum absolute atomic E-state index is 0.556. The topological polar surface area (TPSA) is 87.6 Å². The Hall–Kier alpha value is -2.09. The van der Waals surface area contributed by atoms with Gasteiger partial charge in [-0.3, -0.25) is 5.43 Å². The molecule has 0 bridgehead atoms. The summed E-state index contributed by atoms with van der Waals surface area (Å²) in [5.41, 5.74) is 7.04. The number of anilines is 2. The minimum Gasteiger partial charge on any atom is -0.368 e. The van der Waals surface area contributed by atoms with E-state index in [4.69, 9.17) is 11.7 Å².